The van der Waals surface area contributed by atoms with Crippen molar-refractivity contribution in [2.45, 2.75) is 45.9 Å². The Balaban J connectivity index is 0.000000336. The summed E-state index contributed by atoms with van der Waals surface area (Å²) in [5, 5.41) is 43.4. The second-order valence-corrected chi connectivity index (χ2v) is 7.50. The number of carboxylic acids is 1. The molecule has 0 spiro atoms. The molecule has 0 aliphatic carbocycles. The molecule has 0 aliphatic heterocycles. The van der Waals surface area contributed by atoms with Gasteiger partial charge in [-0.25, -0.2) is 4.90 Å². The monoisotopic (exact) mass is 450 g/mol. The predicted molar refractivity (Wildman–Crippen MR) is 112 cm³/mol. The van der Waals surface area contributed by atoms with Crippen LogP contribution < -0.4 is 5.32 Å². The second-order valence-electron chi connectivity index (χ2n) is 5.95. The lowest BCUT2D eigenvalue weighted by atomic mass is 10.2. The Kier molecular flexibility index (Phi) is 10.2. The first-order valence-electron chi connectivity index (χ1n) is 8.34. The van der Waals surface area contributed by atoms with E-state index < -0.39 is 24.7 Å². The van der Waals surface area contributed by atoms with Crippen LogP contribution in [0, 0.1) is 0 Å². The molecule has 3 atom stereocenters. The lowest BCUT2D eigenvalue weighted by Gasteiger charge is -2.30. The highest BCUT2D eigenvalue weighted by molar-refractivity contribution is 7.08. The molecule has 2 rings (SSSR count). The van der Waals surface area contributed by atoms with E-state index in [1.54, 1.807) is 23.6 Å². The number of carboxylic acid groups (broad SMARTS) is 1. The van der Waals surface area contributed by atoms with Gasteiger partial charge in [-0.05, 0) is 43.8 Å². The number of carbonyl (C=O) groups is 1. The van der Waals surface area contributed by atoms with Crippen LogP contribution in [0.5, 0.6) is 0 Å². The fourth-order valence-corrected chi connectivity index (χ4v) is 3.70. The molecular weight excluding hydrogens is 427 g/mol. The molecule has 2 aromatic rings. The maximum absolute atomic E-state index is 10.7. The lowest BCUT2D eigenvalue weighted by molar-refractivity contribution is -0.159. The number of anilines is 2. The van der Waals surface area contributed by atoms with Crippen molar-refractivity contribution in [1.29, 1.82) is 0 Å². The van der Waals surface area contributed by atoms with Crippen molar-refractivity contribution in [2.24, 2.45) is 0 Å². The number of rotatable bonds is 7. The zero-order valence-corrected chi connectivity index (χ0v) is 18.0. The molecule has 0 saturated carbocycles. The van der Waals surface area contributed by atoms with E-state index in [0.717, 1.165) is 5.69 Å². The number of benzene rings is 1. The highest BCUT2D eigenvalue weighted by Crippen LogP contribution is 2.34. The summed E-state index contributed by atoms with van der Waals surface area (Å²) in [6.07, 6.45) is -2.53. The number of aliphatic hydroxyl groups is 3. The SMILES string of the molecule is CC(O)N(C(C)O)C(C)O.O=C(O)Cc1cscc1Nc1c(Cl)cccc1Cl. The van der Waals surface area contributed by atoms with Crippen LogP contribution in [-0.2, 0) is 11.2 Å². The van der Waals surface area contributed by atoms with Gasteiger partial charge >= 0.3 is 5.97 Å². The Morgan fingerprint density at radius 1 is 1.07 bits per heavy atom. The van der Waals surface area contributed by atoms with Gasteiger partial charge in [0.2, 0.25) is 0 Å². The third kappa shape index (κ3) is 7.56. The maximum atomic E-state index is 10.7. The van der Waals surface area contributed by atoms with E-state index in [2.05, 4.69) is 5.32 Å². The summed E-state index contributed by atoms with van der Waals surface area (Å²) in [6, 6.07) is 5.19. The lowest BCUT2D eigenvalue weighted by Crippen LogP contribution is -2.45. The Bertz CT molecular complexity index is 729. The van der Waals surface area contributed by atoms with Crippen molar-refractivity contribution >= 4 is 51.9 Å². The average Bonchev–Trinajstić information content (AvgIpc) is 2.96. The van der Waals surface area contributed by atoms with E-state index in [9.17, 15) is 4.79 Å². The first-order chi connectivity index (χ1) is 13.0. The van der Waals surface area contributed by atoms with Gasteiger partial charge in [0, 0.05) is 5.38 Å². The van der Waals surface area contributed by atoms with E-state index in [-0.39, 0.29) is 6.42 Å². The summed E-state index contributed by atoms with van der Waals surface area (Å²) in [5.41, 5.74) is 2.02. The van der Waals surface area contributed by atoms with E-state index in [4.69, 9.17) is 43.6 Å². The number of thiophene rings is 1. The maximum Gasteiger partial charge on any atom is 0.307 e. The van der Waals surface area contributed by atoms with Gasteiger partial charge in [0.15, 0.2) is 0 Å². The third-order valence-electron chi connectivity index (χ3n) is 3.60. The predicted octanol–water partition coefficient (Wildman–Crippen LogP) is 3.73. The summed E-state index contributed by atoms with van der Waals surface area (Å²) in [7, 11) is 0. The molecule has 1 heterocycles. The van der Waals surface area contributed by atoms with Crippen molar-refractivity contribution in [3.05, 3.63) is 44.6 Å². The Labute approximate surface area is 177 Å². The third-order valence-corrected chi connectivity index (χ3v) is 5.02. The molecule has 156 valence electrons. The summed E-state index contributed by atoms with van der Waals surface area (Å²) in [5.74, 6) is -0.873. The standard InChI is InChI=1S/C12H9Cl2NO2S.C6H15NO3/c13-8-2-1-3-9(14)12(8)15-10-6-18-5-7(10)4-11(16)17;1-4(8)7(5(2)9)6(3)10/h1-3,5-6,15H,4H2,(H,16,17);4-6,8-10H,1-3H3. The first kappa shape index (κ1) is 24.6. The van der Waals surface area contributed by atoms with Crippen LogP contribution in [-0.4, -0.2) is 50.0 Å². The van der Waals surface area contributed by atoms with Gasteiger partial charge in [-0.3, -0.25) is 4.79 Å². The zero-order valence-electron chi connectivity index (χ0n) is 15.6. The number of nitrogens with one attached hydrogen (secondary N) is 1. The van der Waals surface area contributed by atoms with Crippen LogP contribution in [0.4, 0.5) is 11.4 Å². The Morgan fingerprint density at radius 3 is 1.96 bits per heavy atom. The van der Waals surface area contributed by atoms with Crippen LogP contribution in [0.1, 0.15) is 26.3 Å². The van der Waals surface area contributed by atoms with Gasteiger partial charge in [-0.1, -0.05) is 29.3 Å². The number of aliphatic hydroxyl groups excluding tert-OH is 3. The van der Waals surface area contributed by atoms with Gasteiger partial charge in [0.1, 0.15) is 18.7 Å². The van der Waals surface area contributed by atoms with E-state index in [1.165, 1.54) is 37.0 Å². The van der Waals surface area contributed by atoms with Crippen LogP contribution in [0.2, 0.25) is 10.0 Å². The number of aliphatic carboxylic acids is 1. The molecule has 28 heavy (non-hydrogen) atoms. The van der Waals surface area contributed by atoms with Crippen molar-refractivity contribution in [3.8, 4) is 0 Å². The molecule has 0 amide bonds. The molecule has 10 heteroatoms. The summed E-state index contributed by atoms with van der Waals surface area (Å²) < 4.78 is 0. The number of hydrogen-bond acceptors (Lipinski definition) is 7. The molecule has 1 aromatic heterocycles. The average molecular weight is 451 g/mol. The minimum absolute atomic E-state index is 0.0338. The van der Waals surface area contributed by atoms with Crippen LogP contribution in [0.15, 0.2) is 29.0 Å². The Morgan fingerprint density at radius 2 is 1.57 bits per heavy atom. The van der Waals surface area contributed by atoms with Crippen molar-refractivity contribution < 1.29 is 25.2 Å². The van der Waals surface area contributed by atoms with Gasteiger partial charge in [0.05, 0.1) is 27.8 Å². The molecule has 0 radical (unpaired) electrons. The molecule has 5 N–H and O–H groups in total. The summed E-state index contributed by atoms with van der Waals surface area (Å²) in [4.78, 5) is 11.9. The Hall–Kier alpha value is -1.39. The quantitative estimate of drug-likeness (QED) is 0.408. The first-order valence-corrected chi connectivity index (χ1v) is 10.0. The van der Waals surface area contributed by atoms with E-state index >= 15 is 0 Å². The van der Waals surface area contributed by atoms with Gasteiger partial charge < -0.3 is 25.7 Å². The molecule has 1 aromatic carbocycles. The van der Waals surface area contributed by atoms with E-state index in [1.807, 2.05) is 5.38 Å². The largest absolute Gasteiger partial charge is 0.481 e. The van der Waals surface area contributed by atoms with E-state index in [0.29, 0.717) is 21.3 Å². The molecule has 0 aliphatic rings. The fraction of sp³-hybridized carbons (Fsp3) is 0.389. The minimum atomic E-state index is -0.873. The van der Waals surface area contributed by atoms with Gasteiger partial charge in [-0.2, -0.15) is 0 Å². The van der Waals surface area contributed by atoms with Crippen molar-refractivity contribution in [1.82, 2.24) is 4.90 Å². The van der Waals surface area contributed by atoms with Crippen LogP contribution in [0.25, 0.3) is 0 Å². The fourth-order valence-electron chi connectivity index (χ4n) is 2.42. The molecule has 0 fully saturated rings. The second kappa shape index (κ2) is 11.6. The van der Waals surface area contributed by atoms with Crippen molar-refractivity contribution in [3.63, 3.8) is 0 Å². The minimum Gasteiger partial charge on any atom is -0.481 e. The number of nitrogens with zero attached hydrogens (tertiary/aromatic N) is 1. The summed E-state index contributed by atoms with van der Waals surface area (Å²) in [6.45, 7) is 4.46. The summed E-state index contributed by atoms with van der Waals surface area (Å²) >= 11 is 13.5. The topological polar surface area (TPSA) is 113 Å². The molecule has 3 unspecified atom stereocenters. The zero-order chi connectivity index (χ0) is 21.4. The van der Waals surface area contributed by atoms with Crippen molar-refractivity contribution in [2.75, 3.05) is 5.32 Å². The number of para-hydroxylation sites is 1. The van der Waals surface area contributed by atoms with Crippen LogP contribution in [0.3, 0.4) is 0 Å². The smallest absolute Gasteiger partial charge is 0.307 e. The molecule has 0 bridgehead atoms. The highest BCUT2D eigenvalue weighted by Gasteiger charge is 2.20. The molecule has 0 saturated heterocycles. The number of halogens is 2. The molecular formula is C18H24Cl2N2O5S. The number of hydrogen-bond donors (Lipinski definition) is 5. The molecule has 7 nitrogen and oxygen atoms in total. The highest BCUT2D eigenvalue weighted by atomic mass is 35.5. The van der Waals surface area contributed by atoms with Gasteiger partial charge in [0.25, 0.3) is 0 Å². The van der Waals surface area contributed by atoms with Gasteiger partial charge in [-0.15, -0.1) is 11.3 Å². The normalized spacial score (nSPS) is 14.0. The van der Waals surface area contributed by atoms with Crippen LogP contribution >= 0.6 is 34.5 Å².